The molecule has 3 fully saturated rings. The van der Waals surface area contributed by atoms with Crippen molar-refractivity contribution in [2.45, 2.75) is 18.9 Å². The summed E-state index contributed by atoms with van der Waals surface area (Å²) in [5.41, 5.74) is 0.748. The van der Waals surface area contributed by atoms with Gasteiger partial charge in [-0.3, -0.25) is 10.1 Å². The summed E-state index contributed by atoms with van der Waals surface area (Å²) in [5, 5.41) is 14.3. The van der Waals surface area contributed by atoms with Crippen LogP contribution in [0.25, 0.3) is 11.1 Å². The molecule has 0 radical (unpaired) electrons. The van der Waals surface area contributed by atoms with Gasteiger partial charge in [0, 0.05) is 18.7 Å². The number of nitrogens with zero attached hydrogens (tertiary/aromatic N) is 3. The topological polar surface area (TPSA) is 84.4 Å². The molecule has 1 aromatic heterocycles. The molecule has 3 aliphatic rings. The van der Waals surface area contributed by atoms with E-state index in [1.807, 2.05) is 0 Å². The minimum absolute atomic E-state index is 0.0155. The van der Waals surface area contributed by atoms with Crippen LogP contribution in [0.15, 0.2) is 22.6 Å². The summed E-state index contributed by atoms with van der Waals surface area (Å²) < 4.78 is 5.62. The van der Waals surface area contributed by atoms with E-state index in [1.165, 1.54) is 32.0 Å². The van der Waals surface area contributed by atoms with Gasteiger partial charge < -0.3 is 14.6 Å². The van der Waals surface area contributed by atoms with Crippen LogP contribution in [0.3, 0.4) is 0 Å². The quantitative estimate of drug-likeness (QED) is 0.688. The van der Waals surface area contributed by atoms with E-state index in [4.69, 9.17) is 4.42 Å². The van der Waals surface area contributed by atoms with Gasteiger partial charge in [-0.05, 0) is 37.9 Å². The number of anilines is 1. The van der Waals surface area contributed by atoms with Crippen molar-refractivity contribution in [3.8, 4) is 0 Å². The number of hydrogen-bond donors (Lipinski definition) is 1. The number of fused-ring (bicyclic) bond motifs is 4. The number of aromatic nitrogens is 1. The summed E-state index contributed by atoms with van der Waals surface area (Å²) in [5.74, 6) is 0.639. The standard InChI is InChI=1S/C14H16N4O3/c19-18(20)11-2-1-3-12-13(11)16-14(21-12)15-10-8-17-6-4-9(10)5-7-17/h1-3,9-10H,4-8H2,(H,15,16). The molecule has 21 heavy (non-hydrogen) atoms. The van der Waals surface area contributed by atoms with Crippen LogP contribution in [0.5, 0.6) is 0 Å². The van der Waals surface area contributed by atoms with Gasteiger partial charge in [0.25, 0.3) is 11.7 Å². The van der Waals surface area contributed by atoms with Gasteiger partial charge in [-0.25, -0.2) is 0 Å². The Morgan fingerprint density at radius 3 is 2.86 bits per heavy atom. The minimum atomic E-state index is -0.428. The third-order valence-electron chi connectivity index (χ3n) is 4.56. The van der Waals surface area contributed by atoms with Crippen LogP contribution in [-0.2, 0) is 0 Å². The fraction of sp³-hybridized carbons (Fsp3) is 0.500. The number of non-ortho nitro benzene ring substituents is 1. The van der Waals surface area contributed by atoms with Crippen LogP contribution >= 0.6 is 0 Å². The lowest BCUT2D eigenvalue weighted by molar-refractivity contribution is -0.383. The fourth-order valence-electron chi connectivity index (χ4n) is 3.43. The molecule has 1 unspecified atom stereocenters. The maximum Gasteiger partial charge on any atom is 0.298 e. The number of nitro benzene ring substituents is 1. The average molecular weight is 288 g/mol. The third-order valence-corrected chi connectivity index (χ3v) is 4.56. The van der Waals surface area contributed by atoms with Gasteiger partial charge in [-0.1, -0.05) is 6.07 Å². The largest absolute Gasteiger partial charge is 0.423 e. The van der Waals surface area contributed by atoms with Crippen LogP contribution in [0, 0.1) is 16.0 Å². The molecule has 0 spiro atoms. The molecule has 2 bridgehead atoms. The molecule has 5 rings (SSSR count). The summed E-state index contributed by atoms with van der Waals surface area (Å²) >= 11 is 0. The number of oxazole rings is 1. The van der Waals surface area contributed by atoms with Gasteiger partial charge in [-0.15, -0.1) is 0 Å². The molecule has 0 amide bonds. The van der Waals surface area contributed by atoms with Crippen molar-refractivity contribution >= 4 is 22.8 Å². The summed E-state index contributed by atoms with van der Waals surface area (Å²) in [6.07, 6.45) is 2.39. The van der Waals surface area contributed by atoms with E-state index >= 15 is 0 Å². The Hall–Kier alpha value is -2.15. The number of nitro groups is 1. The monoisotopic (exact) mass is 288 g/mol. The van der Waals surface area contributed by atoms with Crippen molar-refractivity contribution in [3.63, 3.8) is 0 Å². The highest BCUT2D eigenvalue weighted by atomic mass is 16.6. The van der Waals surface area contributed by atoms with Crippen LogP contribution < -0.4 is 5.32 Å². The van der Waals surface area contributed by atoms with E-state index in [0.717, 1.165) is 6.54 Å². The molecule has 1 aromatic carbocycles. The maximum absolute atomic E-state index is 11.0. The van der Waals surface area contributed by atoms with Gasteiger partial charge in [-0.2, -0.15) is 4.98 Å². The van der Waals surface area contributed by atoms with Crippen LogP contribution in [0.4, 0.5) is 11.7 Å². The SMILES string of the molecule is O=[N+]([O-])c1cccc2oc(NC3CN4CCC3CC4)nc12. The normalized spacial score (nSPS) is 27.9. The number of para-hydroxylation sites is 1. The predicted octanol–water partition coefficient (Wildman–Crippen LogP) is 2.24. The molecule has 7 nitrogen and oxygen atoms in total. The first-order valence-electron chi connectivity index (χ1n) is 7.23. The van der Waals surface area contributed by atoms with Crippen molar-refractivity contribution < 1.29 is 9.34 Å². The van der Waals surface area contributed by atoms with E-state index in [-0.39, 0.29) is 5.69 Å². The molecule has 1 N–H and O–H groups in total. The second-order valence-corrected chi connectivity index (χ2v) is 5.79. The molecule has 1 atom stereocenters. The molecule has 3 saturated heterocycles. The summed E-state index contributed by atoms with van der Waals surface area (Å²) in [6, 6.07) is 5.47. The minimum Gasteiger partial charge on any atom is -0.423 e. The number of nitrogens with one attached hydrogen (secondary N) is 1. The maximum atomic E-state index is 11.0. The van der Waals surface area contributed by atoms with E-state index in [0.29, 0.717) is 29.1 Å². The second kappa shape index (κ2) is 4.70. The lowest BCUT2D eigenvalue weighted by atomic mass is 9.84. The van der Waals surface area contributed by atoms with E-state index < -0.39 is 4.92 Å². The van der Waals surface area contributed by atoms with Crippen molar-refractivity contribution in [2.24, 2.45) is 5.92 Å². The van der Waals surface area contributed by atoms with Crippen molar-refractivity contribution in [1.29, 1.82) is 0 Å². The van der Waals surface area contributed by atoms with Crippen molar-refractivity contribution in [2.75, 3.05) is 25.0 Å². The van der Waals surface area contributed by atoms with Gasteiger partial charge in [0.15, 0.2) is 11.1 Å². The highest BCUT2D eigenvalue weighted by molar-refractivity contribution is 5.84. The highest BCUT2D eigenvalue weighted by Crippen LogP contribution is 2.32. The number of hydrogen-bond acceptors (Lipinski definition) is 6. The summed E-state index contributed by atoms with van der Waals surface area (Å²) in [6.45, 7) is 3.33. The Morgan fingerprint density at radius 2 is 2.19 bits per heavy atom. The number of benzene rings is 1. The number of piperidine rings is 3. The zero-order chi connectivity index (χ0) is 14.4. The first kappa shape index (κ1) is 12.6. The fourth-order valence-corrected chi connectivity index (χ4v) is 3.43. The van der Waals surface area contributed by atoms with Gasteiger partial charge in [0.05, 0.1) is 4.92 Å². The average Bonchev–Trinajstić information content (AvgIpc) is 2.90. The van der Waals surface area contributed by atoms with E-state index in [2.05, 4.69) is 15.2 Å². The molecule has 0 aliphatic carbocycles. The van der Waals surface area contributed by atoms with E-state index in [9.17, 15) is 10.1 Å². The zero-order valence-electron chi connectivity index (χ0n) is 11.5. The van der Waals surface area contributed by atoms with E-state index in [1.54, 1.807) is 12.1 Å². The first-order chi connectivity index (χ1) is 10.2. The molecule has 4 heterocycles. The van der Waals surface area contributed by atoms with Gasteiger partial charge in [0.2, 0.25) is 0 Å². The molecule has 2 aromatic rings. The van der Waals surface area contributed by atoms with Crippen molar-refractivity contribution in [1.82, 2.24) is 9.88 Å². The molecule has 0 saturated carbocycles. The highest BCUT2D eigenvalue weighted by Gasteiger charge is 2.34. The lowest BCUT2D eigenvalue weighted by Gasteiger charge is -2.44. The third kappa shape index (κ3) is 2.13. The van der Waals surface area contributed by atoms with Crippen LogP contribution in [0.1, 0.15) is 12.8 Å². The van der Waals surface area contributed by atoms with Crippen LogP contribution in [-0.4, -0.2) is 40.5 Å². The lowest BCUT2D eigenvalue weighted by Crippen LogP contribution is -2.53. The Morgan fingerprint density at radius 1 is 1.38 bits per heavy atom. The van der Waals surface area contributed by atoms with Crippen LogP contribution in [0.2, 0.25) is 0 Å². The Kier molecular flexibility index (Phi) is 2.81. The Labute approximate surface area is 121 Å². The summed E-state index contributed by atoms with van der Waals surface area (Å²) in [7, 11) is 0. The molecular weight excluding hydrogens is 272 g/mol. The van der Waals surface area contributed by atoms with Gasteiger partial charge in [0.1, 0.15) is 0 Å². The molecule has 110 valence electrons. The zero-order valence-corrected chi connectivity index (χ0v) is 11.5. The summed E-state index contributed by atoms with van der Waals surface area (Å²) in [4.78, 5) is 17.3. The smallest absolute Gasteiger partial charge is 0.298 e. The molecule has 3 aliphatic heterocycles. The first-order valence-corrected chi connectivity index (χ1v) is 7.23. The van der Waals surface area contributed by atoms with Gasteiger partial charge >= 0.3 is 0 Å². The Balaban J connectivity index is 1.62. The second-order valence-electron chi connectivity index (χ2n) is 5.79. The molecule has 7 heteroatoms. The predicted molar refractivity (Wildman–Crippen MR) is 77.2 cm³/mol. The van der Waals surface area contributed by atoms with Crippen molar-refractivity contribution in [3.05, 3.63) is 28.3 Å². The molecular formula is C14H16N4O3. The number of rotatable bonds is 3. The Bertz CT molecular complexity index is 691.